The van der Waals surface area contributed by atoms with E-state index in [9.17, 15) is 4.79 Å². The molecule has 1 aliphatic heterocycles. The number of nitrogens with one attached hydrogen (secondary N) is 1. The van der Waals surface area contributed by atoms with E-state index in [-0.39, 0.29) is 11.8 Å². The maximum absolute atomic E-state index is 12.8. The van der Waals surface area contributed by atoms with Crippen molar-refractivity contribution in [1.82, 2.24) is 25.1 Å². The molecule has 1 N–H and O–H groups in total. The van der Waals surface area contributed by atoms with Crippen LogP contribution in [0, 0.1) is 5.92 Å². The molecule has 0 radical (unpaired) electrons. The molecule has 0 saturated carbocycles. The van der Waals surface area contributed by atoms with Gasteiger partial charge in [0.25, 0.3) is 0 Å². The van der Waals surface area contributed by atoms with Gasteiger partial charge in [0.05, 0.1) is 7.11 Å². The Bertz CT molecular complexity index is 1300. The van der Waals surface area contributed by atoms with Gasteiger partial charge in [0.15, 0.2) is 11.5 Å². The molecular weight excluding hydrogens is 452 g/mol. The third-order valence-electron chi connectivity index (χ3n) is 6.19. The van der Waals surface area contributed by atoms with E-state index >= 15 is 0 Å². The first-order valence-corrected chi connectivity index (χ1v) is 11.6. The van der Waals surface area contributed by atoms with Crippen LogP contribution in [-0.4, -0.2) is 45.9 Å². The maximum Gasteiger partial charge on any atom is 0.223 e. The van der Waals surface area contributed by atoms with Gasteiger partial charge in [0.2, 0.25) is 5.91 Å². The van der Waals surface area contributed by atoms with Crippen LogP contribution in [0.25, 0.3) is 17.0 Å². The first-order chi connectivity index (χ1) is 16.6. The molecule has 1 amide bonds. The van der Waals surface area contributed by atoms with E-state index < -0.39 is 0 Å². The smallest absolute Gasteiger partial charge is 0.223 e. The summed E-state index contributed by atoms with van der Waals surface area (Å²) in [6.07, 6.45) is 1.54. The van der Waals surface area contributed by atoms with E-state index in [1.165, 1.54) is 0 Å². The van der Waals surface area contributed by atoms with Gasteiger partial charge in [-0.3, -0.25) is 4.79 Å². The number of carbonyl (C=O) groups excluding carboxylic acids is 1. The maximum atomic E-state index is 12.8. The lowest BCUT2D eigenvalue weighted by Crippen LogP contribution is -2.40. The van der Waals surface area contributed by atoms with Crippen LogP contribution in [0.1, 0.15) is 18.4 Å². The molecule has 9 heteroatoms. The standard InChI is InChI=1S/C25H25ClN6O2/c1-34-21-5-3-2-4-19(21)16-27-25(33)18-12-14-31(15-13-18)23-11-10-22-28-29-24(32(22)30-23)17-6-8-20(26)9-7-17/h2-11,18H,12-16H2,1H3,(H,27,33). The fraction of sp³-hybridized carbons (Fsp3) is 0.280. The van der Waals surface area contributed by atoms with Gasteiger partial charge in [-0.25, -0.2) is 0 Å². The first-order valence-electron chi connectivity index (χ1n) is 11.3. The van der Waals surface area contributed by atoms with Gasteiger partial charge in [-0.2, -0.15) is 4.52 Å². The number of methoxy groups -OCH3 is 1. The Morgan fingerprint density at radius 3 is 2.59 bits per heavy atom. The van der Waals surface area contributed by atoms with Crippen LogP contribution in [0.2, 0.25) is 5.02 Å². The van der Waals surface area contributed by atoms with Crippen LogP contribution in [0.15, 0.2) is 60.7 Å². The summed E-state index contributed by atoms with van der Waals surface area (Å²) in [4.78, 5) is 15.0. The number of amides is 1. The van der Waals surface area contributed by atoms with Gasteiger partial charge in [0.1, 0.15) is 11.6 Å². The molecule has 4 aromatic rings. The number of anilines is 1. The molecule has 5 rings (SSSR count). The van der Waals surface area contributed by atoms with E-state index in [0.717, 1.165) is 48.6 Å². The molecular formula is C25H25ClN6O2. The second-order valence-corrected chi connectivity index (χ2v) is 8.72. The molecule has 1 aliphatic rings. The predicted molar refractivity (Wildman–Crippen MR) is 131 cm³/mol. The summed E-state index contributed by atoms with van der Waals surface area (Å²) >= 11 is 6.02. The average molecular weight is 477 g/mol. The van der Waals surface area contributed by atoms with Gasteiger partial charge in [-0.05, 0) is 55.3 Å². The highest BCUT2D eigenvalue weighted by Gasteiger charge is 2.26. The molecule has 0 bridgehead atoms. The van der Waals surface area contributed by atoms with Crippen molar-refractivity contribution < 1.29 is 9.53 Å². The Morgan fingerprint density at radius 2 is 1.82 bits per heavy atom. The number of halogens is 1. The Labute approximate surface area is 202 Å². The summed E-state index contributed by atoms with van der Waals surface area (Å²) in [5, 5.41) is 17.1. The predicted octanol–water partition coefficient (Wildman–Crippen LogP) is 3.99. The molecule has 8 nitrogen and oxygen atoms in total. The molecule has 3 heterocycles. The molecule has 1 saturated heterocycles. The molecule has 1 fully saturated rings. The summed E-state index contributed by atoms with van der Waals surface area (Å²) in [6.45, 7) is 1.97. The zero-order valence-electron chi connectivity index (χ0n) is 18.8. The second kappa shape index (κ2) is 9.69. The third kappa shape index (κ3) is 4.54. The Morgan fingerprint density at radius 1 is 1.06 bits per heavy atom. The van der Waals surface area contributed by atoms with E-state index in [2.05, 4.69) is 20.4 Å². The average Bonchev–Trinajstić information content (AvgIpc) is 3.31. The fourth-order valence-corrected chi connectivity index (χ4v) is 4.40. The second-order valence-electron chi connectivity index (χ2n) is 8.28. The quantitative estimate of drug-likeness (QED) is 0.453. The SMILES string of the molecule is COc1ccccc1CNC(=O)C1CCN(c2ccc3nnc(-c4ccc(Cl)cc4)n3n2)CC1. The highest BCUT2D eigenvalue weighted by Crippen LogP contribution is 2.25. The highest BCUT2D eigenvalue weighted by molar-refractivity contribution is 6.30. The van der Waals surface area contributed by atoms with Crippen molar-refractivity contribution >= 4 is 29.0 Å². The number of hydrogen-bond acceptors (Lipinski definition) is 6. The Balaban J connectivity index is 1.23. The first kappa shape index (κ1) is 22.2. The topological polar surface area (TPSA) is 84.6 Å². The number of benzene rings is 2. The number of hydrogen-bond donors (Lipinski definition) is 1. The van der Waals surface area contributed by atoms with E-state index in [4.69, 9.17) is 21.4 Å². The lowest BCUT2D eigenvalue weighted by molar-refractivity contribution is -0.125. The number of piperidine rings is 1. The molecule has 0 aliphatic carbocycles. The van der Waals surface area contributed by atoms with Crippen LogP contribution < -0.4 is 15.0 Å². The van der Waals surface area contributed by atoms with Crippen LogP contribution >= 0.6 is 11.6 Å². The zero-order chi connectivity index (χ0) is 23.5. The zero-order valence-corrected chi connectivity index (χ0v) is 19.6. The highest BCUT2D eigenvalue weighted by atomic mass is 35.5. The molecule has 34 heavy (non-hydrogen) atoms. The summed E-state index contributed by atoms with van der Waals surface area (Å²) in [5.41, 5.74) is 2.55. The number of para-hydroxylation sites is 1. The van der Waals surface area contributed by atoms with Crippen molar-refractivity contribution in [3.05, 3.63) is 71.2 Å². The van der Waals surface area contributed by atoms with Crippen LogP contribution in [0.3, 0.4) is 0 Å². The molecule has 0 spiro atoms. The normalized spacial score (nSPS) is 14.4. The monoisotopic (exact) mass is 476 g/mol. The van der Waals surface area contributed by atoms with Gasteiger partial charge in [0, 0.05) is 41.7 Å². The molecule has 174 valence electrons. The van der Waals surface area contributed by atoms with Crippen molar-refractivity contribution in [2.45, 2.75) is 19.4 Å². The van der Waals surface area contributed by atoms with Gasteiger partial charge >= 0.3 is 0 Å². The van der Waals surface area contributed by atoms with Crippen molar-refractivity contribution in [3.63, 3.8) is 0 Å². The molecule has 2 aromatic carbocycles. The summed E-state index contributed by atoms with van der Waals surface area (Å²) in [7, 11) is 1.64. The van der Waals surface area contributed by atoms with Gasteiger partial charge in [-0.1, -0.05) is 29.8 Å². The van der Waals surface area contributed by atoms with Crippen molar-refractivity contribution in [2.75, 3.05) is 25.1 Å². The van der Waals surface area contributed by atoms with E-state index in [1.54, 1.807) is 11.6 Å². The number of fused-ring (bicyclic) bond motifs is 1. The van der Waals surface area contributed by atoms with Crippen molar-refractivity contribution in [3.8, 4) is 17.1 Å². The number of ether oxygens (including phenoxy) is 1. The van der Waals surface area contributed by atoms with Crippen LogP contribution in [0.5, 0.6) is 5.75 Å². The molecule has 0 atom stereocenters. The van der Waals surface area contributed by atoms with Crippen LogP contribution in [0.4, 0.5) is 5.82 Å². The van der Waals surface area contributed by atoms with Gasteiger partial charge in [-0.15, -0.1) is 15.3 Å². The number of aromatic nitrogens is 4. The Kier molecular flexibility index (Phi) is 6.31. The minimum absolute atomic E-state index is 0.0192. The van der Waals surface area contributed by atoms with Crippen molar-refractivity contribution in [1.29, 1.82) is 0 Å². The van der Waals surface area contributed by atoms with Crippen molar-refractivity contribution in [2.24, 2.45) is 5.92 Å². The summed E-state index contributed by atoms with van der Waals surface area (Å²) in [5.74, 6) is 2.35. The minimum Gasteiger partial charge on any atom is -0.496 e. The van der Waals surface area contributed by atoms with E-state index in [1.807, 2.05) is 60.7 Å². The minimum atomic E-state index is -0.0192. The Hall–Kier alpha value is -3.65. The van der Waals surface area contributed by atoms with Crippen LogP contribution in [-0.2, 0) is 11.3 Å². The summed E-state index contributed by atoms with van der Waals surface area (Å²) in [6, 6.07) is 19.1. The number of rotatable bonds is 6. The number of nitrogens with zero attached hydrogens (tertiary/aromatic N) is 5. The number of carbonyl (C=O) groups is 1. The van der Waals surface area contributed by atoms with E-state index in [0.29, 0.717) is 23.0 Å². The lowest BCUT2D eigenvalue weighted by atomic mass is 9.96. The largest absolute Gasteiger partial charge is 0.496 e. The molecule has 2 aromatic heterocycles. The van der Waals surface area contributed by atoms with Gasteiger partial charge < -0.3 is 15.0 Å². The molecule has 0 unspecified atom stereocenters. The fourth-order valence-electron chi connectivity index (χ4n) is 4.27. The lowest BCUT2D eigenvalue weighted by Gasteiger charge is -2.32. The third-order valence-corrected chi connectivity index (χ3v) is 6.44. The summed E-state index contributed by atoms with van der Waals surface area (Å²) < 4.78 is 7.13.